The monoisotopic (exact) mass is 503 g/mol. The number of fused-ring (bicyclic) bond motifs is 1. The average Bonchev–Trinajstić information content (AvgIpc) is 3.27. The lowest BCUT2D eigenvalue weighted by Crippen LogP contribution is -2.04. The van der Waals surface area contributed by atoms with Crippen LogP contribution in [0.1, 0.15) is 29.4 Å². The Morgan fingerprint density at radius 3 is 2.66 bits per heavy atom. The first-order valence-corrected chi connectivity index (χ1v) is 11.8. The molecule has 0 unspecified atom stereocenters. The van der Waals surface area contributed by atoms with Gasteiger partial charge in [0.2, 0.25) is 0 Å². The second-order valence-electron chi connectivity index (χ2n) is 7.73. The highest BCUT2D eigenvalue weighted by Gasteiger charge is 2.15. The van der Waals surface area contributed by atoms with Gasteiger partial charge in [0.05, 0.1) is 23.2 Å². The van der Waals surface area contributed by atoms with E-state index in [1.807, 2.05) is 49.4 Å². The molecule has 7 heteroatoms. The molecule has 0 aliphatic rings. The Balaban J connectivity index is 1.72. The van der Waals surface area contributed by atoms with Crippen LogP contribution in [0.25, 0.3) is 22.7 Å². The van der Waals surface area contributed by atoms with Gasteiger partial charge in [0.15, 0.2) is 11.5 Å². The number of para-hydroxylation sites is 2. The highest BCUT2D eigenvalue weighted by atomic mass is 35.5. The minimum Gasteiger partial charge on any atom is -0.490 e. The second kappa shape index (κ2) is 11.1. The van der Waals surface area contributed by atoms with Crippen LogP contribution >= 0.6 is 23.2 Å². The van der Waals surface area contributed by atoms with E-state index in [1.54, 1.807) is 24.3 Å². The predicted octanol–water partition coefficient (Wildman–Crippen LogP) is 7.64. The SMILES string of the molecule is C=CCc1cc(/C=C(\C#N)c2nc3ccccc3[nH]2)cc(OCC)c1OCc1ccc(Cl)cc1Cl. The number of H-pyrrole nitrogens is 1. The van der Waals surface area contributed by atoms with Crippen molar-refractivity contribution in [2.45, 2.75) is 20.0 Å². The average molecular weight is 504 g/mol. The molecule has 0 saturated carbocycles. The van der Waals surface area contributed by atoms with Crippen molar-refractivity contribution in [2.24, 2.45) is 0 Å². The fraction of sp³-hybridized carbons (Fsp3) is 0.143. The number of aromatic nitrogens is 2. The van der Waals surface area contributed by atoms with Crippen LogP contribution in [0.3, 0.4) is 0 Å². The maximum atomic E-state index is 9.85. The normalized spacial score (nSPS) is 11.3. The van der Waals surface area contributed by atoms with Crippen molar-refractivity contribution < 1.29 is 9.47 Å². The first-order valence-electron chi connectivity index (χ1n) is 11.1. The molecule has 0 amide bonds. The minimum atomic E-state index is 0.248. The van der Waals surface area contributed by atoms with Crippen molar-refractivity contribution in [2.75, 3.05) is 6.61 Å². The zero-order valence-corrected chi connectivity index (χ0v) is 20.7. The van der Waals surface area contributed by atoms with Crippen molar-refractivity contribution >= 4 is 45.9 Å². The summed E-state index contributed by atoms with van der Waals surface area (Å²) in [6.07, 6.45) is 4.13. The minimum absolute atomic E-state index is 0.248. The van der Waals surface area contributed by atoms with Crippen molar-refractivity contribution in [1.29, 1.82) is 5.26 Å². The van der Waals surface area contributed by atoms with Crippen LogP contribution in [-0.2, 0) is 13.0 Å². The van der Waals surface area contributed by atoms with Gasteiger partial charge in [-0.2, -0.15) is 5.26 Å². The van der Waals surface area contributed by atoms with Crippen LogP contribution in [0.4, 0.5) is 0 Å². The molecular weight excluding hydrogens is 481 g/mol. The van der Waals surface area contributed by atoms with E-state index >= 15 is 0 Å². The molecule has 0 radical (unpaired) electrons. The maximum Gasteiger partial charge on any atom is 0.165 e. The van der Waals surface area contributed by atoms with Crippen LogP contribution in [-0.4, -0.2) is 16.6 Å². The van der Waals surface area contributed by atoms with Gasteiger partial charge in [-0.3, -0.25) is 0 Å². The molecule has 0 aliphatic carbocycles. The van der Waals surface area contributed by atoms with Crippen LogP contribution in [0.5, 0.6) is 11.5 Å². The molecule has 0 saturated heterocycles. The highest BCUT2D eigenvalue weighted by Crippen LogP contribution is 2.36. The molecule has 0 aliphatic heterocycles. The van der Waals surface area contributed by atoms with E-state index in [2.05, 4.69) is 22.6 Å². The van der Waals surface area contributed by atoms with Crippen LogP contribution in [0.2, 0.25) is 10.0 Å². The summed E-state index contributed by atoms with van der Waals surface area (Å²) in [7, 11) is 0. The molecule has 0 spiro atoms. The number of halogens is 2. The molecule has 1 aromatic heterocycles. The molecular formula is C28H23Cl2N3O2. The zero-order valence-electron chi connectivity index (χ0n) is 19.1. The van der Waals surface area contributed by atoms with E-state index in [1.165, 1.54) is 0 Å². The number of nitriles is 1. The third-order valence-corrected chi connectivity index (χ3v) is 5.87. The number of allylic oxidation sites excluding steroid dienone is 2. The predicted molar refractivity (Wildman–Crippen MR) is 142 cm³/mol. The van der Waals surface area contributed by atoms with Crippen LogP contribution in [0, 0.1) is 11.3 Å². The summed E-state index contributed by atoms with van der Waals surface area (Å²) in [6, 6.07) is 19.0. The van der Waals surface area contributed by atoms with Gasteiger partial charge in [0.1, 0.15) is 18.5 Å². The number of imidazole rings is 1. The van der Waals surface area contributed by atoms with E-state index in [0.29, 0.717) is 46.0 Å². The smallest absolute Gasteiger partial charge is 0.165 e. The van der Waals surface area contributed by atoms with Gasteiger partial charge in [-0.15, -0.1) is 6.58 Å². The molecule has 1 heterocycles. The Hall–Kier alpha value is -3.72. The molecule has 0 bridgehead atoms. The lowest BCUT2D eigenvalue weighted by Gasteiger charge is -2.17. The zero-order chi connectivity index (χ0) is 24.8. The van der Waals surface area contributed by atoms with Gasteiger partial charge in [-0.1, -0.05) is 47.5 Å². The topological polar surface area (TPSA) is 70.9 Å². The maximum absolute atomic E-state index is 9.85. The van der Waals surface area contributed by atoms with Gasteiger partial charge >= 0.3 is 0 Å². The molecule has 1 N–H and O–H groups in total. The van der Waals surface area contributed by atoms with E-state index in [0.717, 1.165) is 27.7 Å². The molecule has 5 nitrogen and oxygen atoms in total. The number of benzene rings is 3. The summed E-state index contributed by atoms with van der Waals surface area (Å²) in [4.78, 5) is 7.76. The second-order valence-corrected chi connectivity index (χ2v) is 8.57. The van der Waals surface area contributed by atoms with E-state index in [-0.39, 0.29) is 6.61 Å². The first kappa shape index (κ1) is 24.4. The van der Waals surface area contributed by atoms with Crippen molar-refractivity contribution in [3.8, 4) is 17.6 Å². The largest absolute Gasteiger partial charge is 0.490 e. The van der Waals surface area contributed by atoms with Gasteiger partial charge in [-0.05, 0) is 61.4 Å². The highest BCUT2D eigenvalue weighted by molar-refractivity contribution is 6.35. The van der Waals surface area contributed by atoms with E-state index < -0.39 is 0 Å². The summed E-state index contributed by atoms with van der Waals surface area (Å²) in [5.41, 5.74) is 4.56. The standard InChI is InChI=1S/C28H23Cl2N3O2/c1-3-7-19-12-18(13-21(16-31)28-32-24-8-5-6-9-25(24)33-28)14-26(34-4-2)27(19)35-17-20-10-11-22(29)15-23(20)30/h3,5-6,8-15H,1,4,7,17H2,2H3,(H,32,33)/b21-13+. The fourth-order valence-electron chi connectivity index (χ4n) is 3.69. The summed E-state index contributed by atoms with van der Waals surface area (Å²) in [6.45, 7) is 6.49. The number of aromatic amines is 1. The van der Waals surface area contributed by atoms with Crippen molar-refractivity contribution in [3.63, 3.8) is 0 Å². The van der Waals surface area contributed by atoms with E-state index in [9.17, 15) is 5.26 Å². The summed E-state index contributed by atoms with van der Waals surface area (Å²) in [5.74, 6) is 1.69. The summed E-state index contributed by atoms with van der Waals surface area (Å²) < 4.78 is 12.1. The molecule has 176 valence electrons. The Morgan fingerprint density at radius 1 is 1.11 bits per heavy atom. The molecule has 3 aromatic carbocycles. The van der Waals surface area contributed by atoms with Crippen molar-refractivity contribution in [1.82, 2.24) is 9.97 Å². The lowest BCUT2D eigenvalue weighted by atomic mass is 10.0. The van der Waals surface area contributed by atoms with Gasteiger partial charge < -0.3 is 14.5 Å². The number of nitrogens with one attached hydrogen (secondary N) is 1. The van der Waals surface area contributed by atoms with Gasteiger partial charge in [-0.25, -0.2) is 4.98 Å². The van der Waals surface area contributed by atoms with Crippen LogP contribution < -0.4 is 9.47 Å². The number of ether oxygens (including phenoxy) is 2. The van der Waals surface area contributed by atoms with Crippen LogP contribution in [0.15, 0.2) is 67.3 Å². The third-order valence-electron chi connectivity index (χ3n) is 5.28. The molecule has 35 heavy (non-hydrogen) atoms. The summed E-state index contributed by atoms with van der Waals surface area (Å²) >= 11 is 12.3. The third kappa shape index (κ3) is 5.68. The molecule has 0 atom stereocenters. The molecule has 4 rings (SSSR count). The Morgan fingerprint density at radius 2 is 1.94 bits per heavy atom. The summed E-state index contributed by atoms with van der Waals surface area (Å²) in [5, 5.41) is 10.9. The van der Waals surface area contributed by atoms with Gasteiger partial charge in [0.25, 0.3) is 0 Å². The fourth-order valence-corrected chi connectivity index (χ4v) is 4.15. The lowest BCUT2D eigenvalue weighted by molar-refractivity contribution is 0.267. The first-order chi connectivity index (χ1) is 17.0. The quantitative estimate of drug-likeness (QED) is 0.188. The van der Waals surface area contributed by atoms with E-state index in [4.69, 9.17) is 32.7 Å². The van der Waals surface area contributed by atoms with Gasteiger partial charge in [0, 0.05) is 21.2 Å². The number of hydrogen-bond donors (Lipinski definition) is 1. The number of hydrogen-bond acceptors (Lipinski definition) is 4. The number of rotatable bonds is 9. The molecule has 4 aromatic rings. The number of nitrogens with zero attached hydrogens (tertiary/aromatic N) is 2. The Bertz CT molecular complexity index is 1420. The Kier molecular flexibility index (Phi) is 7.77. The molecule has 0 fully saturated rings. The van der Waals surface area contributed by atoms with Crippen molar-refractivity contribution in [3.05, 3.63) is 99.8 Å². The Labute approximate surface area is 214 Å².